The molecule has 2 saturated heterocycles. The highest BCUT2D eigenvalue weighted by atomic mass is 32.2. The summed E-state index contributed by atoms with van der Waals surface area (Å²) in [6.07, 6.45) is 5.17. The van der Waals surface area contributed by atoms with Gasteiger partial charge in [0.15, 0.2) is 0 Å². The highest BCUT2D eigenvalue weighted by molar-refractivity contribution is 7.98. The minimum Gasteiger partial charge on any atom is -0.350 e. The van der Waals surface area contributed by atoms with Crippen molar-refractivity contribution in [2.75, 3.05) is 19.3 Å². The zero-order chi connectivity index (χ0) is 18.0. The second-order valence-corrected chi connectivity index (χ2v) is 8.37. The first kappa shape index (κ1) is 17.6. The molecule has 2 fully saturated rings. The van der Waals surface area contributed by atoms with Crippen LogP contribution in [-0.2, 0) is 11.3 Å². The molecule has 4 rings (SSSR count). The number of piperidine rings is 1. The van der Waals surface area contributed by atoms with Crippen LogP contribution in [0.4, 0.5) is 0 Å². The lowest BCUT2D eigenvalue weighted by atomic mass is 9.82. The molecular weight excluding hydrogens is 340 g/mol. The molecule has 0 aromatic heterocycles. The Kier molecular flexibility index (Phi) is 5.05. The lowest BCUT2D eigenvalue weighted by Crippen LogP contribution is -2.50. The molecule has 1 N–H and O–H groups in total. The van der Waals surface area contributed by atoms with Gasteiger partial charge in [-0.3, -0.25) is 9.69 Å². The number of likely N-dealkylation sites (tertiary alicyclic amines) is 1. The lowest BCUT2D eigenvalue weighted by Gasteiger charge is -2.39. The van der Waals surface area contributed by atoms with E-state index in [2.05, 4.69) is 52.9 Å². The first-order valence-corrected chi connectivity index (χ1v) is 10.6. The third kappa shape index (κ3) is 3.53. The van der Waals surface area contributed by atoms with Gasteiger partial charge in [0.2, 0.25) is 5.91 Å². The number of benzene rings is 2. The van der Waals surface area contributed by atoms with E-state index in [0.717, 1.165) is 44.5 Å². The first-order valence-electron chi connectivity index (χ1n) is 9.40. The molecule has 26 heavy (non-hydrogen) atoms. The minimum absolute atomic E-state index is 0.00683. The van der Waals surface area contributed by atoms with Crippen molar-refractivity contribution in [3.63, 3.8) is 0 Å². The Hall–Kier alpha value is -1.78. The van der Waals surface area contributed by atoms with Crippen LogP contribution in [0.25, 0.3) is 0 Å². The lowest BCUT2D eigenvalue weighted by molar-refractivity contribution is -0.121. The smallest absolute Gasteiger partial charge is 0.228 e. The Labute approximate surface area is 160 Å². The number of amides is 1. The summed E-state index contributed by atoms with van der Waals surface area (Å²) in [5, 5.41) is 3.36. The van der Waals surface area contributed by atoms with Crippen molar-refractivity contribution >= 4 is 17.7 Å². The molecule has 2 aromatic carbocycles. The average molecular weight is 367 g/mol. The summed E-state index contributed by atoms with van der Waals surface area (Å²) in [4.78, 5) is 16.5. The summed E-state index contributed by atoms with van der Waals surface area (Å²) in [7, 11) is 0. The number of carbonyl (C=O) groups is 1. The molecule has 3 nitrogen and oxygen atoms in total. The summed E-state index contributed by atoms with van der Waals surface area (Å²) in [5.41, 5.74) is 2.55. The molecule has 4 heteroatoms. The molecule has 0 bridgehead atoms. The second-order valence-electron chi connectivity index (χ2n) is 7.52. The summed E-state index contributed by atoms with van der Waals surface area (Å²) in [6.45, 7) is 3.10. The van der Waals surface area contributed by atoms with E-state index in [4.69, 9.17) is 0 Å². The Morgan fingerprint density at radius 2 is 1.77 bits per heavy atom. The number of nitrogens with one attached hydrogen (secondary N) is 1. The molecule has 2 aliphatic rings. The van der Waals surface area contributed by atoms with E-state index >= 15 is 0 Å². The van der Waals surface area contributed by atoms with Gasteiger partial charge >= 0.3 is 0 Å². The van der Waals surface area contributed by atoms with Crippen LogP contribution >= 0.6 is 11.8 Å². The van der Waals surface area contributed by atoms with Crippen LogP contribution in [0.15, 0.2) is 59.5 Å². The quantitative estimate of drug-likeness (QED) is 0.829. The maximum absolute atomic E-state index is 12.6. The van der Waals surface area contributed by atoms with Crippen molar-refractivity contribution in [3.05, 3.63) is 65.7 Å². The first-order chi connectivity index (χ1) is 12.7. The van der Waals surface area contributed by atoms with Gasteiger partial charge in [0.05, 0.1) is 5.92 Å². The van der Waals surface area contributed by atoms with Crippen molar-refractivity contribution < 1.29 is 4.79 Å². The van der Waals surface area contributed by atoms with Crippen molar-refractivity contribution in [2.24, 2.45) is 0 Å². The number of rotatable bonds is 4. The summed E-state index contributed by atoms with van der Waals surface area (Å²) in [6, 6.07) is 18.9. The molecule has 2 aliphatic heterocycles. The van der Waals surface area contributed by atoms with E-state index in [1.165, 1.54) is 10.5 Å². The van der Waals surface area contributed by atoms with Crippen LogP contribution in [0.3, 0.4) is 0 Å². The standard InChI is InChI=1S/C22H26N2OS/c1-26-20-10-6-5-9-18(20)16-24-13-11-22(12-14-24)15-19(21(25)23-22)17-7-3-2-4-8-17/h2-10,19H,11-16H2,1H3,(H,23,25)/t19-/m0/s1. The van der Waals surface area contributed by atoms with E-state index in [0.29, 0.717) is 0 Å². The van der Waals surface area contributed by atoms with Gasteiger partial charge in [0, 0.05) is 30.1 Å². The van der Waals surface area contributed by atoms with Crippen molar-refractivity contribution in [1.29, 1.82) is 0 Å². The highest BCUT2D eigenvalue weighted by Gasteiger charge is 2.46. The average Bonchev–Trinajstić information content (AvgIpc) is 3.01. The zero-order valence-corrected chi connectivity index (χ0v) is 16.1. The third-order valence-electron chi connectivity index (χ3n) is 5.90. The van der Waals surface area contributed by atoms with Gasteiger partial charge in [-0.1, -0.05) is 48.5 Å². The molecule has 0 unspecified atom stereocenters. The Morgan fingerprint density at radius 1 is 1.08 bits per heavy atom. The maximum Gasteiger partial charge on any atom is 0.228 e. The van der Waals surface area contributed by atoms with E-state index in [9.17, 15) is 4.79 Å². The van der Waals surface area contributed by atoms with Crippen LogP contribution in [0, 0.1) is 0 Å². The molecule has 0 aliphatic carbocycles. The third-order valence-corrected chi connectivity index (χ3v) is 6.74. The largest absolute Gasteiger partial charge is 0.350 e. The minimum atomic E-state index is -0.00683. The molecule has 1 atom stereocenters. The van der Waals surface area contributed by atoms with Crippen LogP contribution in [0.1, 0.15) is 36.3 Å². The maximum atomic E-state index is 12.6. The molecule has 0 saturated carbocycles. The van der Waals surface area contributed by atoms with E-state index in [-0.39, 0.29) is 17.4 Å². The molecule has 2 aromatic rings. The molecule has 0 radical (unpaired) electrons. The van der Waals surface area contributed by atoms with Crippen LogP contribution in [-0.4, -0.2) is 35.7 Å². The van der Waals surface area contributed by atoms with Gasteiger partial charge in [0.25, 0.3) is 0 Å². The number of nitrogens with zero attached hydrogens (tertiary/aromatic N) is 1. The monoisotopic (exact) mass is 366 g/mol. The van der Waals surface area contributed by atoms with Gasteiger partial charge in [0.1, 0.15) is 0 Å². The normalized spacial score (nSPS) is 22.5. The Morgan fingerprint density at radius 3 is 2.50 bits per heavy atom. The van der Waals surface area contributed by atoms with E-state index in [1.54, 1.807) is 0 Å². The second kappa shape index (κ2) is 7.45. The summed E-state index contributed by atoms with van der Waals surface area (Å²) >= 11 is 1.82. The van der Waals surface area contributed by atoms with Gasteiger partial charge < -0.3 is 5.32 Å². The fourth-order valence-electron chi connectivity index (χ4n) is 4.38. The molecular formula is C22H26N2OS. The van der Waals surface area contributed by atoms with Crippen molar-refractivity contribution in [1.82, 2.24) is 10.2 Å². The SMILES string of the molecule is CSc1ccccc1CN1CCC2(CC1)C[C@@H](c1ccccc1)C(=O)N2. The number of carbonyl (C=O) groups excluding carboxylic acids is 1. The van der Waals surface area contributed by atoms with E-state index < -0.39 is 0 Å². The van der Waals surface area contributed by atoms with Crippen LogP contribution in [0.5, 0.6) is 0 Å². The Bertz CT molecular complexity index is 769. The number of thioether (sulfide) groups is 1. The molecule has 1 spiro atoms. The van der Waals surface area contributed by atoms with Crippen molar-refractivity contribution in [3.8, 4) is 0 Å². The van der Waals surface area contributed by atoms with Crippen LogP contribution in [0.2, 0.25) is 0 Å². The fourth-order valence-corrected chi connectivity index (χ4v) is 4.99. The number of hydrogen-bond acceptors (Lipinski definition) is 3. The molecule has 136 valence electrons. The summed E-state index contributed by atoms with van der Waals surface area (Å²) < 4.78 is 0. The number of hydrogen-bond donors (Lipinski definition) is 1. The Balaban J connectivity index is 1.40. The molecule has 2 heterocycles. The molecule has 1 amide bonds. The fraction of sp³-hybridized carbons (Fsp3) is 0.409. The highest BCUT2D eigenvalue weighted by Crippen LogP contribution is 2.39. The van der Waals surface area contributed by atoms with Crippen LogP contribution < -0.4 is 5.32 Å². The van der Waals surface area contributed by atoms with Gasteiger partial charge in [-0.2, -0.15) is 0 Å². The topological polar surface area (TPSA) is 32.3 Å². The van der Waals surface area contributed by atoms with Gasteiger partial charge in [-0.05, 0) is 42.7 Å². The van der Waals surface area contributed by atoms with Gasteiger partial charge in [-0.25, -0.2) is 0 Å². The van der Waals surface area contributed by atoms with Gasteiger partial charge in [-0.15, -0.1) is 11.8 Å². The predicted molar refractivity (Wildman–Crippen MR) is 107 cm³/mol. The van der Waals surface area contributed by atoms with E-state index in [1.807, 2.05) is 30.0 Å². The van der Waals surface area contributed by atoms with Crippen molar-refractivity contribution in [2.45, 2.75) is 42.2 Å². The predicted octanol–water partition coefficient (Wildman–Crippen LogP) is 4.05. The zero-order valence-electron chi connectivity index (χ0n) is 15.3. The summed E-state index contributed by atoms with van der Waals surface area (Å²) in [5.74, 6) is 0.220.